The Balaban J connectivity index is 2.02. The number of nitrogens with two attached hydrogens (primary N) is 1. The van der Waals surface area contributed by atoms with E-state index in [0.29, 0.717) is 11.2 Å². The Morgan fingerprint density at radius 1 is 1.37 bits per heavy atom. The summed E-state index contributed by atoms with van der Waals surface area (Å²) in [5.41, 5.74) is 6.84. The van der Waals surface area contributed by atoms with Crippen LogP contribution < -0.4 is 5.73 Å². The molecule has 0 aromatic carbocycles. The van der Waals surface area contributed by atoms with Crippen molar-refractivity contribution in [1.82, 2.24) is 19.5 Å². The molecular weight excluding hydrogens is 266 g/mol. The van der Waals surface area contributed by atoms with Crippen molar-refractivity contribution in [2.45, 2.75) is 18.9 Å². The molecule has 1 aliphatic carbocycles. The van der Waals surface area contributed by atoms with Crippen LogP contribution in [0.1, 0.15) is 18.9 Å². The Morgan fingerprint density at radius 2 is 2.21 bits per heavy atom. The summed E-state index contributed by atoms with van der Waals surface area (Å²) in [4.78, 5) is 12.3. The summed E-state index contributed by atoms with van der Waals surface area (Å²) in [6.07, 6.45) is 7.67. The maximum Gasteiger partial charge on any atom is 0.223 e. The van der Waals surface area contributed by atoms with Crippen LogP contribution in [0.3, 0.4) is 0 Å². The van der Waals surface area contributed by atoms with E-state index >= 15 is 0 Å². The van der Waals surface area contributed by atoms with E-state index in [1.165, 1.54) is 0 Å². The van der Waals surface area contributed by atoms with Crippen molar-refractivity contribution >= 4 is 28.7 Å². The third-order valence-corrected chi connectivity index (χ3v) is 3.69. The van der Waals surface area contributed by atoms with Crippen LogP contribution in [0, 0.1) is 5.92 Å². The van der Waals surface area contributed by atoms with Gasteiger partial charge in [-0.2, -0.15) is 9.97 Å². The van der Waals surface area contributed by atoms with Crippen LogP contribution in [-0.2, 0) is 0 Å². The zero-order valence-corrected chi connectivity index (χ0v) is 11.0. The van der Waals surface area contributed by atoms with Gasteiger partial charge in [0.05, 0.1) is 12.4 Å². The Hall–Kier alpha value is -1.66. The fraction of sp³-hybridized carbons (Fsp3) is 0.417. The normalized spacial score (nSPS) is 23.1. The summed E-state index contributed by atoms with van der Waals surface area (Å²) in [5, 5.41) is 9.40. The van der Waals surface area contributed by atoms with Gasteiger partial charge in [-0.1, -0.05) is 23.8 Å². The molecule has 2 unspecified atom stereocenters. The zero-order valence-electron chi connectivity index (χ0n) is 10.2. The molecule has 7 heteroatoms. The number of anilines is 1. The summed E-state index contributed by atoms with van der Waals surface area (Å²) < 4.78 is 1.95. The number of aliphatic hydroxyl groups is 1. The van der Waals surface area contributed by atoms with Gasteiger partial charge in [-0.25, -0.2) is 4.98 Å². The topological polar surface area (TPSA) is 89.8 Å². The lowest BCUT2D eigenvalue weighted by atomic mass is 9.93. The Morgan fingerprint density at radius 3 is 2.89 bits per heavy atom. The second kappa shape index (κ2) is 4.79. The Labute approximate surface area is 114 Å². The molecule has 0 saturated carbocycles. The number of rotatable bonds is 2. The molecule has 2 aromatic rings. The van der Waals surface area contributed by atoms with Crippen molar-refractivity contribution in [1.29, 1.82) is 0 Å². The SMILES string of the molecule is Nc1nc(Cl)c2ncn(C3C=CC(CO)CC3)c2n1. The lowest BCUT2D eigenvalue weighted by molar-refractivity contribution is 0.235. The van der Waals surface area contributed by atoms with Crippen molar-refractivity contribution in [3.8, 4) is 0 Å². The highest BCUT2D eigenvalue weighted by Gasteiger charge is 2.20. The number of hydrogen-bond acceptors (Lipinski definition) is 5. The smallest absolute Gasteiger partial charge is 0.223 e. The number of aliphatic hydroxyl groups excluding tert-OH is 1. The molecule has 2 heterocycles. The molecule has 0 aliphatic heterocycles. The number of allylic oxidation sites excluding steroid dienone is 1. The van der Waals surface area contributed by atoms with Gasteiger partial charge in [-0.05, 0) is 12.8 Å². The lowest BCUT2D eigenvalue weighted by Gasteiger charge is -2.22. The van der Waals surface area contributed by atoms with Crippen LogP contribution >= 0.6 is 11.6 Å². The molecule has 19 heavy (non-hydrogen) atoms. The average molecular weight is 280 g/mol. The van der Waals surface area contributed by atoms with E-state index in [1.54, 1.807) is 6.33 Å². The highest BCUT2D eigenvalue weighted by atomic mass is 35.5. The average Bonchev–Trinajstić information content (AvgIpc) is 2.83. The summed E-state index contributed by atoms with van der Waals surface area (Å²) in [6.45, 7) is 0.189. The molecule has 3 rings (SSSR count). The number of imidazole rings is 1. The fourth-order valence-electron chi connectivity index (χ4n) is 2.39. The number of halogens is 1. The largest absolute Gasteiger partial charge is 0.396 e. The molecule has 0 radical (unpaired) electrons. The standard InChI is InChI=1S/C12H14ClN5O/c13-10-9-11(17-12(14)16-10)18(6-15-9)8-3-1-7(5-19)2-4-8/h1,3,6-8,19H,2,4-5H2,(H2,14,16,17). The third-order valence-electron chi connectivity index (χ3n) is 3.43. The number of nitrogen functional groups attached to an aromatic ring is 1. The number of hydrogen-bond donors (Lipinski definition) is 2. The predicted molar refractivity (Wildman–Crippen MR) is 72.7 cm³/mol. The number of nitrogens with zero attached hydrogens (tertiary/aromatic N) is 4. The summed E-state index contributed by atoms with van der Waals surface area (Å²) in [6, 6.07) is 0.165. The van der Waals surface area contributed by atoms with Crippen molar-refractivity contribution < 1.29 is 5.11 Å². The molecule has 100 valence electrons. The third kappa shape index (κ3) is 2.17. The molecule has 0 amide bonds. The Kier molecular flexibility index (Phi) is 3.12. The molecule has 2 atom stereocenters. The quantitative estimate of drug-likeness (QED) is 0.643. The molecule has 2 aromatic heterocycles. The van der Waals surface area contributed by atoms with E-state index in [4.69, 9.17) is 22.4 Å². The van der Waals surface area contributed by atoms with Gasteiger partial charge in [0.15, 0.2) is 10.8 Å². The first-order valence-electron chi connectivity index (χ1n) is 6.13. The van der Waals surface area contributed by atoms with Gasteiger partial charge < -0.3 is 15.4 Å². The summed E-state index contributed by atoms with van der Waals surface area (Å²) in [5.74, 6) is 0.390. The van der Waals surface area contributed by atoms with Gasteiger partial charge in [0.25, 0.3) is 0 Å². The van der Waals surface area contributed by atoms with Crippen LogP contribution in [0.5, 0.6) is 0 Å². The molecule has 0 saturated heterocycles. The van der Waals surface area contributed by atoms with E-state index in [-0.39, 0.29) is 29.7 Å². The highest BCUT2D eigenvalue weighted by Crippen LogP contribution is 2.29. The monoisotopic (exact) mass is 279 g/mol. The Bertz CT molecular complexity index is 638. The van der Waals surface area contributed by atoms with Crippen LogP contribution in [0.15, 0.2) is 18.5 Å². The van der Waals surface area contributed by atoms with Crippen LogP contribution in [0.25, 0.3) is 11.2 Å². The molecule has 3 N–H and O–H groups in total. The van der Waals surface area contributed by atoms with Crippen molar-refractivity contribution in [2.24, 2.45) is 5.92 Å². The van der Waals surface area contributed by atoms with Crippen LogP contribution in [-0.4, -0.2) is 31.2 Å². The van der Waals surface area contributed by atoms with Crippen LogP contribution in [0.4, 0.5) is 5.95 Å². The second-order valence-corrected chi connectivity index (χ2v) is 5.03. The van der Waals surface area contributed by atoms with Crippen molar-refractivity contribution in [3.05, 3.63) is 23.6 Å². The number of fused-ring (bicyclic) bond motifs is 1. The zero-order chi connectivity index (χ0) is 13.4. The van der Waals surface area contributed by atoms with Gasteiger partial charge in [-0.15, -0.1) is 0 Å². The highest BCUT2D eigenvalue weighted by molar-refractivity contribution is 6.33. The molecule has 1 aliphatic rings. The molecular formula is C12H14ClN5O. The maximum absolute atomic E-state index is 9.13. The molecule has 0 spiro atoms. The van der Waals surface area contributed by atoms with Gasteiger partial charge in [0.1, 0.15) is 5.52 Å². The fourth-order valence-corrected chi connectivity index (χ4v) is 2.61. The lowest BCUT2D eigenvalue weighted by Crippen LogP contribution is -2.15. The van der Waals surface area contributed by atoms with E-state index in [9.17, 15) is 0 Å². The van der Waals surface area contributed by atoms with Crippen molar-refractivity contribution in [2.75, 3.05) is 12.3 Å². The van der Waals surface area contributed by atoms with Crippen molar-refractivity contribution in [3.63, 3.8) is 0 Å². The van der Waals surface area contributed by atoms with Crippen LogP contribution in [0.2, 0.25) is 5.15 Å². The van der Waals surface area contributed by atoms with Gasteiger partial charge in [0, 0.05) is 12.5 Å². The molecule has 0 bridgehead atoms. The minimum absolute atomic E-state index is 0.146. The second-order valence-electron chi connectivity index (χ2n) is 4.67. The van der Waals surface area contributed by atoms with Gasteiger partial charge in [0.2, 0.25) is 5.95 Å². The first kappa shape index (κ1) is 12.4. The predicted octanol–water partition coefficient (Wildman–Crippen LogP) is 1.56. The minimum Gasteiger partial charge on any atom is -0.396 e. The first-order valence-corrected chi connectivity index (χ1v) is 6.51. The van der Waals surface area contributed by atoms with E-state index in [1.807, 2.05) is 10.6 Å². The van der Waals surface area contributed by atoms with Gasteiger partial charge in [-0.3, -0.25) is 0 Å². The summed E-state index contributed by atoms with van der Waals surface area (Å²) in [7, 11) is 0. The maximum atomic E-state index is 9.13. The first-order chi connectivity index (χ1) is 9.19. The summed E-state index contributed by atoms with van der Waals surface area (Å²) >= 11 is 6.00. The van der Waals surface area contributed by atoms with E-state index in [0.717, 1.165) is 12.8 Å². The van der Waals surface area contributed by atoms with E-state index < -0.39 is 0 Å². The van der Waals surface area contributed by atoms with Gasteiger partial charge >= 0.3 is 0 Å². The molecule has 0 fully saturated rings. The number of aromatic nitrogens is 4. The van der Waals surface area contributed by atoms with E-state index in [2.05, 4.69) is 21.0 Å². The molecule has 6 nitrogen and oxygen atoms in total. The minimum atomic E-state index is 0.146.